The third-order valence-electron chi connectivity index (χ3n) is 4.50. The number of carbonyl (C=O) groups is 1. The summed E-state index contributed by atoms with van der Waals surface area (Å²) in [4.78, 5) is 22.0. The number of benzene rings is 1. The number of thioether (sulfide) groups is 1. The zero-order valence-corrected chi connectivity index (χ0v) is 20.1. The van der Waals surface area contributed by atoms with Crippen LogP contribution in [0.4, 0.5) is 5.82 Å². The van der Waals surface area contributed by atoms with Crippen LogP contribution in [0.1, 0.15) is 38.1 Å². The van der Waals surface area contributed by atoms with E-state index in [2.05, 4.69) is 48.4 Å². The fraction of sp³-hybridized carbons (Fsp3) is 0.455. The number of fused-ring (bicyclic) bond motifs is 1. The molecule has 0 aliphatic heterocycles. The highest BCUT2D eigenvalue weighted by Crippen LogP contribution is 2.27. The van der Waals surface area contributed by atoms with Gasteiger partial charge in [-0.15, -0.1) is 0 Å². The van der Waals surface area contributed by atoms with Gasteiger partial charge in [0.05, 0.1) is 37.9 Å². The number of rotatable bonds is 10. The second kappa shape index (κ2) is 10.5. The summed E-state index contributed by atoms with van der Waals surface area (Å²) in [5.74, 6) is 1.63. The zero-order valence-electron chi connectivity index (χ0n) is 19.3. The van der Waals surface area contributed by atoms with Crippen LogP contribution < -0.4 is 20.1 Å². The minimum atomic E-state index is -0.228. The normalized spacial score (nSPS) is 11.2. The minimum Gasteiger partial charge on any atom is -0.497 e. The van der Waals surface area contributed by atoms with Gasteiger partial charge in [0.25, 0.3) is 5.91 Å². The lowest BCUT2D eigenvalue weighted by Gasteiger charge is -2.13. The lowest BCUT2D eigenvalue weighted by atomic mass is 10.1. The van der Waals surface area contributed by atoms with Crippen molar-refractivity contribution < 1.29 is 14.3 Å². The largest absolute Gasteiger partial charge is 0.497 e. The van der Waals surface area contributed by atoms with Crippen LogP contribution in [-0.4, -0.2) is 57.7 Å². The van der Waals surface area contributed by atoms with Crippen molar-refractivity contribution in [1.29, 1.82) is 0 Å². The Morgan fingerprint density at radius 1 is 1.16 bits per heavy atom. The average molecular weight is 459 g/mol. The average Bonchev–Trinajstić information content (AvgIpc) is 3.15. The first-order chi connectivity index (χ1) is 15.3. The highest BCUT2D eigenvalue weighted by atomic mass is 32.2. The van der Waals surface area contributed by atoms with Crippen LogP contribution in [0.2, 0.25) is 0 Å². The van der Waals surface area contributed by atoms with Crippen molar-refractivity contribution in [3.8, 4) is 11.5 Å². The van der Waals surface area contributed by atoms with Crippen LogP contribution in [0.15, 0.2) is 29.6 Å². The van der Waals surface area contributed by atoms with Crippen molar-refractivity contribution in [2.24, 2.45) is 0 Å². The second-order valence-corrected chi connectivity index (χ2v) is 9.29. The van der Waals surface area contributed by atoms with Crippen molar-refractivity contribution in [3.63, 3.8) is 0 Å². The van der Waals surface area contributed by atoms with Gasteiger partial charge in [0.2, 0.25) is 0 Å². The number of methoxy groups -OCH3 is 2. The van der Waals surface area contributed by atoms with Crippen LogP contribution in [0.3, 0.4) is 0 Å². The van der Waals surface area contributed by atoms with E-state index in [1.807, 2.05) is 0 Å². The van der Waals surface area contributed by atoms with Crippen molar-refractivity contribution in [2.45, 2.75) is 50.7 Å². The third-order valence-corrected chi connectivity index (χ3v) is 5.37. The van der Waals surface area contributed by atoms with E-state index in [1.165, 1.54) is 7.11 Å². The molecule has 0 unspecified atom stereocenters. The summed E-state index contributed by atoms with van der Waals surface area (Å²) in [5.41, 5.74) is 1.18. The first-order valence-corrected chi connectivity index (χ1v) is 11.4. The van der Waals surface area contributed by atoms with Crippen molar-refractivity contribution >= 4 is 34.5 Å². The van der Waals surface area contributed by atoms with Gasteiger partial charge in [-0.25, -0.2) is 14.6 Å². The minimum absolute atomic E-state index is 0.228. The summed E-state index contributed by atoms with van der Waals surface area (Å²) in [5, 5.41) is 12.7. The number of carbonyl (C=O) groups excluding carboxylic acids is 1. The van der Waals surface area contributed by atoms with E-state index in [0.29, 0.717) is 40.6 Å². The molecule has 9 nitrogen and oxygen atoms in total. The molecule has 2 aromatic heterocycles. The molecule has 0 aliphatic carbocycles. The topological polar surface area (TPSA) is 103 Å². The second-order valence-electron chi connectivity index (χ2n) is 7.75. The number of nitrogens with zero attached hydrogens (tertiary/aromatic N) is 4. The Bertz CT molecular complexity index is 1080. The molecular weight excluding hydrogens is 428 g/mol. The summed E-state index contributed by atoms with van der Waals surface area (Å²) in [7, 11) is 3.09. The van der Waals surface area contributed by atoms with E-state index in [4.69, 9.17) is 14.5 Å². The Labute approximate surface area is 192 Å². The van der Waals surface area contributed by atoms with Gasteiger partial charge >= 0.3 is 0 Å². The molecule has 0 saturated carbocycles. The molecule has 0 fully saturated rings. The quantitative estimate of drug-likeness (QED) is 0.351. The van der Waals surface area contributed by atoms with Crippen LogP contribution in [-0.2, 0) is 6.54 Å². The number of ether oxygens (including phenoxy) is 2. The van der Waals surface area contributed by atoms with Crippen LogP contribution in [0, 0.1) is 0 Å². The molecule has 172 valence electrons. The van der Waals surface area contributed by atoms with Crippen molar-refractivity contribution in [3.05, 3.63) is 30.0 Å². The van der Waals surface area contributed by atoms with E-state index >= 15 is 0 Å². The lowest BCUT2D eigenvalue weighted by Crippen LogP contribution is -2.28. The zero-order chi connectivity index (χ0) is 23.3. The van der Waals surface area contributed by atoms with Gasteiger partial charge in [-0.05, 0) is 26.0 Å². The Kier molecular flexibility index (Phi) is 7.79. The Morgan fingerprint density at radius 2 is 1.94 bits per heavy atom. The van der Waals surface area contributed by atoms with Gasteiger partial charge < -0.3 is 20.1 Å². The molecule has 0 radical (unpaired) electrons. The van der Waals surface area contributed by atoms with Crippen LogP contribution in [0.5, 0.6) is 11.5 Å². The van der Waals surface area contributed by atoms with Crippen LogP contribution >= 0.6 is 11.8 Å². The Balaban J connectivity index is 1.77. The molecular formula is C22H30N6O3S. The van der Waals surface area contributed by atoms with E-state index in [9.17, 15) is 4.79 Å². The number of aromatic nitrogens is 4. The molecule has 0 aliphatic rings. The number of anilines is 1. The molecule has 0 spiro atoms. The van der Waals surface area contributed by atoms with E-state index in [1.54, 1.807) is 47.9 Å². The standard InChI is InChI=1S/C22H30N6O3S/c1-13(2)25-19-17-12-24-28(20(17)27-22(26-19)32-14(3)4)10-9-23-21(29)16-8-7-15(30-5)11-18(16)31-6/h7-8,11-14H,9-10H2,1-6H3,(H,23,29)(H,25,26,27). The van der Waals surface area contributed by atoms with E-state index < -0.39 is 0 Å². The monoisotopic (exact) mass is 458 g/mol. The Morgan fingerprint density at radius 3 is 2.59 bits per heavy atom. The molecule has 1 aromatic carbocycles. The van der Waals surface area contributed by atoms with Gasteiger partial charge in [0.1, 0.15) is 17.3 Å². The van der Waals surface area contributed by atoms with E-state index in [0.717, 1.165) is 16.9 Å². The molecule has 0 bridgehead atoms. The number of nitrogens with one attached hydrogen (secondary N) is 2. The summed E-state index contributed by atoms with van der Waals surface area (Å²) in [6, 6.07) is 5.33. The van der Waals surface area contributed by atoms with E-state index in [-0.39, 0.29) is 11.9 Å². The van der Waals surface area contributed by atoms with Gasteiger partial charge in [0.15, 0.2) is 10.8 Å². The molecule has 3 aromatic rings. The van der Waals surface area contributed by atoms with Gasteiger partial charge in [-0.1, -0.05) is 25.6 Å². The number of amides is 1. The maximum atomic E-state index is 12.7. The van der Waals surface area contributed by atoms with Gasteiger partial charge in [-0.3, -0.25) is 4.79 Å². The Hall–Kier alpha value is -3.01. The molecule has 0 atom stereocenters. The highest BCUT2D eigenvalue weighted by Gasteiger charge is 2.16. The molecule has 2 N–H and O–H groups in total. The van der Waals surface area contributed by atoms with Gasteiger partial charge in [-0.2, -0.15) is 5.10 Å². The number of hydrogen-bond acceptors (Lipinski definition) is 8. The van der Waals surface area contributed by atoms with Crippen molar-refractivity contribution in [1.82, 2.24) is 25.1 Å². The fourth-order valence-corrected chi connectivity index (χ4v) is 3.81. The predicted molar refractivity (Wildman–Crippen MR) is 127 cm³/mol. The first kappa shape index (κ1) is 23.6. The molecule has 2 heterocycles. The third kappa shape index (κ3) is 5.61. The van der Waals surface area contributed by atoms with Gasteiger partial charge in [0, 0.05) is 23.9 Å². The maximum Gasteiger partial charge on any atom is 0.255 e. The molecule has 1 amide bonds. The lowest BCUT2D eigenvalue weighted by molar-refractivity contribution is 0.0949. The summed E-state index contributed by atoms with van der Waals surface area (Å²) in [6.07, 6.45) is 1.76. The molecule has 10 heteroatoms. The summed E-state index contributed by atoms with van der Waals surface area (Å²) >= 11 is 1.60. The van der Waals surface area contributed by atoms with Crippen molar-refractivity contribution in [2.75, 3.05) is 26.1 Å². The fourth-order valence-electron chi connectivity index (χ4n) is 3.10. The SMILES string of the molecule is COc1ccc(C(=O)NCCn2ncc3c(NC(C)C)nc(SC(C)C)nc32)c(OC)c1. The summed E-state index contributed by atoms with van der Waals surface area (Å²) in [6.45, 7) is 9.20. The number of hydrogen-bond donors (Lipinski definition) is 2. The van der Waals surface area contributed by atoms with Crippen LogP contribution in [0.25, 0.3) is 11.0 Å². The molecule has 3 rings (SSSR count). The maximum absolute atomic E-state index is 12.7. The molecule has 0 saturated heterocycles. The summed E-state index contributed by atoms with van der Waals surface area (Å²) < 4.78 is 12.3. The first-order valence-electron chi connectivity index (χ1n) is 10.5. The smallest absolute Gasteiger partial charge is 0.255 e. The predicted octanol–water partition coefficient (Wildman–Crippen LogP) is 3.59. The highest BCUT2D eigenvalue weighted by molar-refractivity contribution is 7.99. The molecule has 32 heavy (non-hydrogen) atoms.